The van der Waals surface area contributed by atoms with Crippen molar-refractivity contribution in [3.8, 4) is 11.5 Å². The molecule has 18 heavy (non-hydrogen) atoms. The van der Waals surface area contributed by atoms with E-state index in [9.17, 15) is 10.2 Å². The van der Waals surface area contributed by atoms with Crippen molar-refractivity contribution < 1.29 is 14.9 Å². The Balaban J connectivity index is 2.42. The number of aromatic nitrogens is 1. The first kappa shape index (κ1) is 10.9. The summed E-state index contributed by atoms with van der Waals surface area (Å²) in [4.78, 5) is 3.16. The molecule has 0 aliphatic carbocycles. The van der Waals surface area contributed by atoms with Gasteiger partial charge in [0.15, 0.2) is 0 Å². The zero-order valence-corrected chi connectivity index (χ0v) is 9.90. The van der Waals surface area contributed by atoms with Gasteiger partial charge in [-0.2, -0.15) is 0 Å². The lowest BCUT2D eigenvalue weighted by molar-refractivity contribution is 0.281. The number of aliphatic hydroxyl groups is 1. The van der Waals surface area contributed by atoms with Gasteiger partial charge in [0.25, 0.3) is 0 Å². The van der Waals surface area contributed by atoms with Crippen molar-refractivity contribution in [1.82, 2.24) is 4.98 Å². The molecule has 0 saturated heterocycles. The lowest BCUT2D eigenvalue weighted by Gasteiger charge is -2.01. The molecule has 3 aromatic rings. The molecule has 1 aromatic heterocycles. The summed E-state index contributed by atoms with van der Waals surface area (Å²) in [7, 11) is 1.62. The molecule has 0 aliphatic heterocycles. The number of phenols is 1. The summed E-state index contributed by atoms with van der Waals surface area (Å²) in [5.74, 6) is 0.906. The monoisotopic (exact) mass is 243 g/mol. The number of nitrogens with one attached hydrogen (secondary N) is 1. The predicted molar refractivity (Wildman–Crippen MR) is 69.9 cm³/mol. The third-order valence-corrected chi connectivity index (χ3v) is 3.14. The van der Waals surface area contributed by atoms with Crippen molar-refractivity contribution in [2.75, 3.05) is 7.11 Å². The van der Waals surface area contributed by atoms with Crippen LogP contribution in [0.3, 0.4) is 0 Å². The summed E-state index contributed by atoms with van der Waals surface area (Å²) in [6.45, 7) is -0.0971. The molecule has 4 nitrogen and oxygen atoms in total. The average molecular weight is 243 g/mol. The van der Waals surface area contributed by atoms with Crippen molar-refractivity contribution in [2.24, 2.45) is 0 Å². The van der Waals surface area contributed by atoms with Crippen LogP contribution in [0.4, 0.5) is 0 Å². The maximum Gasteiger partial charge on any atom is 0.140 e. The fourth-order valence-electron chi connectivity index (χ4n) is 2.24. The van der Waals surface area contributed by atoms with Crippen LogP contribution in [0.2, 0.25) is 0 Å². The SMILES string of the molecule is COc1ccc2[nH]c3c(O)cc(CO)cc3c2c1. The molecule has 1 heterocycles. The second-order valence-corrected chi connectivity index (χ2v) is 4.23. The standard InChI is InChI=1S/C14H13NO3/c1-18-9-2-3-12-10(6-9)11-4-8(7-16)5-13(17)14(11)15-12/h2-6,15-17H,7H2,1H3. The predicted octanol–water partition coefficient (Wildman–Crippen LogP) is 2.53. The molecule has 0 bridgehead atoms. The highest BCUT2D eigenvalue weighted by Gasteiger charge is 2.10. The number of phenolic OH excluding ortho intramolecular Hbond substituents is 1. The fraction of sp³-hybridized carbons (Fsp3) is 0.143. The van der Waals surface area contributed by atoms with E-state index in [0.717, 1.165) is 22.0 Å². The molecule has 0 unspecified atom stereocenters. The van der Waals surface area contributed by atoms with Crippen LogP contribution >= 0.6 is 0 Å². The van der Waals surface area contributed by atoms with Gasteiger partial charge >= 0.3 is 0 Å². The van der Waals surface area contributed by atoms with Crippen LogP contribution in [0, 0.1) is 0 Å². The molecular weight excluding hydrogens is 230 g/mol. The minimum Gasteiger partial charge on any atom is -0.506 e. The first-order chi connectivity index (χ1) is 8.72. The third-order valence-electron chi connectivity index (χ3n) is 3.14. The molecule has 0 fully saturated rings. The van der Waals surface area contributed by atoms with Crippen molar-refractivity contribution in [1.29, 1.82) is 0 Å². The van der Waals surface area contributed by atoms with Gasteiger partial charge in [0.2, 0.25) is 0 Å². The zero-order chi connectivity index (χ0) is 12.7. The largest absolute Gasteiger partial charge is 0.506 e. The Morgan fingerprint density at radius 1 is 1.17 bits per heavy atom. The number of H-pyrrole nitrogens is 1. The number of aromatic amines is 1. The summed E-state index contributed by atoms with van der Waals surface area (Å²) < 4.78 is 5.20. The molecule has 92 valence electrons. The topological polar surface area (TPSA) is 65.5 Å². The smallest absolute Gasteiger partial charge is 0.140 e. The summed E-state index contributed by atoms with van der Waals surface area (Å²) >= 11 is 0. The second kappa shape index (κ2) is 3.92. The number of fused-ring (bicyclic) bond motifs is 3. The van der Waals surface area contributed by atoms with Crippen molar-refractivity contribution in [3.05, 3.63) is 35.9 Å². The minimum atomic E-state index is -0.0971. The van der Waals surface area contributed by atoms with Crippen LogP contribution in [-0.2, 0) is 6.61 Å². The first-order valence-electron chi connectivity index (χ1n) is 5.65. The van der Waals surface area contributed by atoms with Gasteiger partial charge in [0.05, 0.1) is 19.2 Å². The molecule has 4 heteroatoms. The highest BCUT2D eigenvalue weighted by Crippen LogP contribution is 2.34. The normalized spacial score (nSPS) is 11.2. The van der Waals surface area contributed by atoms with E-state index in [-0.39, 0.29) is 12.4 Å². The average Bonchev–Trinajstić information content (AvgIpc) is 2.77. The van der Waals surface area contributed by atoms with Crippen LogP contribution in [0.1, 0.15) is 5.56 Å². The van der Waals surface area contributed by atoms with Crippen LogP contribution in [0.15, 0.2) is 30.3 Å². The van der Waals surface area contributed by atoms with Gasteiger partial charge < -0.3 is 19.9 Å². The van der Waals surface area contributed by atoms with E-state index in [2.05, 4.69) is 4.98 Å². The van der Waals surface area contributed by atoms with E-state index in [1.54, 1.807) is 13.2 Å². The Bertz CT molecular complexity index is 731. The van der Waals surface area contributed by atoms with Crippen molar-refractivity contribution in [3.63, 3.8) is 0 Å². The number of aromatic hydroxyl groups is 1. The first-order valence-corrected chi connectivity index (χ1v) is 5.65. The molecular formula is C14H13NO3. The third kappa shape index (κ3) is 1.50. The number of rotatable bonds is 2. The quantitative estimate of drug-likeness (QED) is 0.648. The Hall–Kier alpha value is -2.20. The number of benzene rings is 2. The zero-order valence-electron chi connectivity index (χ0n) is 9.90. The molecule has 0 atom stereocenters. The molecule has 0 amide bonds. The molecule has 0 radical (unpaired) electrons. The summed E-state index contributed by atoms with van der Waals surface area (Å²) in [5.41, 5.74) is 2.29. The molecule has 0 saturated carbocycles. The molecule has 0 aliphatic rings. The van der Waals surface area contributed by atoms with E-state index in [1.807, 2.05) is 24.3 Å². The van der Waals surface area contributed by atoms with Crippen molar-refractivity contribution in [2.45, 2.75) is 6.61 Å². The molecule has 0 spiro atoms. The van der Waals surface area contributed by atoms with Gasteiger partial charge in [0.1, 0.15) is 11.5 Å². The number of methoxy groups -OCH3 is 1. The van der Waals surface area contributed by atoms with Crippen LogP contribution in [0.5, 0.6) is 11.5 Å². The fourth-order valence-corrected chi connectivity index (χ4v) is 2.24. The van der Waals surface area contributed by atoms with Crippen molar-refractivity contribution >= 4 is 21.8 Å². The lowest BCUT2D eigenvalue weighted by atomic mass is 10.1. The van der Waals surface area contributed by atoms with Gasteiger partial charge in [0, 0.05) is 16.3 Å². The van der Waals surface area contributed by atoms with E-state index in [4.69, 9.17) is 4.74 Å². The van der Waals surface area contributed by atoms with E-state index in [0.29, 0.717) is 11.1 Å². The van der Waals surface area contributed by atoms with E-state index in [1.165, 1.54) is 0 Å². The van der Waals surface area contributed by atoms with Gasteiger partial charge in [-0.3, -0.25) is 0 Å². The van der Waals surface area contributed by atoms with Crippen LogP contribution in [0.25, 0.3) is 21.8 Å². The maximum atomic E-state index is 9.94. The second-order valence-electron chi connectivity index (χ2n) is 4.23. The summed E-state index contributed by atoms with van der Waals surface area (Å²) in [5, 5.41) is 21.0. The summed E-state index contributed by atoms with van der Waals surface area (Å²) in [6.07, 6.45) is 0. The Morgan fingerprint density at radius 2 is 2.00 bits per heavy atom. The number of hydrogen-bond acceptors (Lipinski definition) is 3. The molecule has 2 aromatic carbocycles. The number of hydrogen-bond donors (Lipinski definition) is 3. The highest BCUT2D eigenvalue weighted by molar-refractivity contribution is 6.09. The lowest BCUT2D eigenvalue weighted by Crippen LogP contribution is -1.83. The van der Waals surface area contributed by atoms with Gasteiger partial charge in [-0.1, -0.05) is 0 Å². The Labute approximate surface area is 103 Å². The minimum absolute atomic E-state index is 0.0971. The number of ether oxygens (including phenoxy) is 1. The van der Waals surface area contributed by atoms with Gasteiger partial charge in [-0.15, -0.1) is 0 Å². The Kier molecular flexibility index (Phi) is 2.38. The molecule has 3 rings (SSSR count). The van der Waals surface area contributed by atoms with Crippen LogP contribution in [-0.4, -0.2) is 22.3 Å². The maximum absolute atomic E-state index is 9.94. The van der Waals surface area contributed by atoms with Crippen LogP contribution < -0.4 is 4.74 Å². The summed E-state index contributed by atoms with van der Waals surface area (Å²) in [6, 6.07) is 9.12. The highest BCUT2D eigenvalue weighted by atomic mass is 16.5. The van der Waals surface area contributed by atoms with E-state index < -0.39 is 0 Å². The van der Waals surface area contributed by atoms with Gasteiger partial charge in [-0.25, -0.2) is 0 Å². The van der Waals surface area contributed by atoms with Gasteiger partial charge in [-0.05, 0) is 35.9 Å². The van der Waals surface area contributed by atoms with E-state index >= 15 is 0 Å². The Morgan fingerprint density at radius 3 is 2.72 bits per heavy atom. The number of aliphatic hydroxyl groups excluding tert-OH is 1. The molecule has 3 N–H and O–H groups in total.